The van der Waals surface area contributed by atoms with Gasteiger partial charge in [-0.2, -0.15) is 0 Å². The molecule has 0 radical (unpaired) electrons. The highest BCUT2D eigenvalue weighted by Crippen LogP contribution is 2.36. The summed E-state index contributed by atoms with van der Waals surface area (Å²) in [6, 6.07) is 0. The van der Waals surface area contributed by atoms with Gasteiger partial charge in [-0.1, -0.05) is 148 Å². The first-order valence-corrected chi connectivity index (χ1v) is 20.0. The number of esters is 2. The maximum atomic E-state index is 12.3. The Morgan fingerprint density at radius 2 is 0.933 bits per heavy atom. The maximum absolute atomic E-state index is 12.3. The Labute approximate surface area is 276 Å². The fourth-order valence-electron chi connectivity index (χ4n) is 5.25. The summed E-state index contributed by atoms with van der Waals surface area (Å²) in [5, 5.41) is 0. The third-order valence-corrected chi connectivity index (χ3v) is 8.52. The number of rotatable bonds is 34. The third-order valence-electron chi connectivity index (χ3n) is 8.03. The van der Waals surface area contributed by atoms with Gasteiger partial charge in [0.25, 0.3) is 0 Å². The van der Waals surface area contributed by atoms with Crippen LogP contribution < -0.4 is 0 Å². The molecule has 0 fully saturated rings. The number of unbranched alkanes of at least 4 members (excludes halogenated alkanes) is 22. The number of hydrogen-bond acceptors (Lipinski definition) is 6. The predicted octanol–water partition coefficient (Wildman–Crippen LogP) is 10.7. The molecule has 0 aliphatic carbocycles. The average Bonchev–Trinajstić information content (AvgIpc) is 3.00. The Morgan fingerprint density at radius 3 is 1.40 bits per heavy atom. The first kappa shape index (κ1) is 43.8. The minimum atomic E-state index is -4.74. The molecule has 1 atom stereocenters. The summed E-state index contributed by atoms with van der Waals surface area (Å²) >= 11 is 0. The van der Waals surface area contributed by atoms with Crippen LogP contribution in [0.4, 0.5) is 0 Å². The van der Waals surface area contributed by atoms with E-state index in [0.29, 0.717) is 12.8 Å². The van der Waals surface area contributed by atoms with E-state index in [4.69, 9.17) is 19.3 Å². The van der Waals surface area contributed by atoms with Gasteiger partial charge in [0, 0.05) is 12.8 Å². The van der Waals surface area contributed by atoms with Crippen molar-refractivity contribution in [1.82, 2.24) is 0 Å². The molecule has 0 aromatic heterocycles. The first-order valence-electron chi connectivity index (χ1n) is 18.5. The van der Waals surface area contributed by atoms with Crippen LogP contribution >= 0.6 is 7.82 Å². The fourth-order valence-corrected chi connectivity index (χ4v) is 5.61. The van der Waals surface area contributed by atoms with E-state index in [2.05, 4.69) is 30.5 Å². The van der Waals surface area contributed by atoms with Gasteiger partial charge in [-0.25, -0.2) is 4.57 Å². The second-order valence-corrected chi connectivity index (χ2v) is 13.8. The van der Waals surface area contributed by atoms with Gasteiger partial charge in [0.15, 0.2) is 6.10 Å². The van der Waals surface area contributed by atoms with Crippen LogP contribution in [0.2, 0.25) is 0 Å². The Balaban J connectivity index is 3.98. The minimum Gasteiger partial charge on any atom is -0.462 e. The van der Waals surface area contributed by atoms with Crippen molar-refractivity contribution in [3.05, 3.63) is 12.2 Å². The van der Waals surface area contributed by atoms with Gasteiger partial charge in [0.1, 0.15) is 6.61 Å². The monoisotopic (exact) mass is 660 g/mol. The van der Waals surface area contributed by atoms with Crippen LogP contribution in [-0.4, -0.2) is 41.0 Å². The summed E-state index contributed by atoms with van der Waals surface area (Å²) in [6.07, 6.45) is 33.6. The highest BCUT2D eigenvalue weighted by molar-refractivity contribution is 7.46. The van der Waals surface area contributed by atoms with E-state index < -0.39 is 32.5 Å². The van der Waals surface area contributed by atoms with Crippen molar-refractivity contribution in [3.63, 3.8) is 0 Å². The standard InChI is InChI=1S/C36H69O8P/c1-3-5-7-9-11-13-15-17-18-19-21-22-24-26-28-30-35(37)42-32-34(33-43-45(39,40)41)44-36(38)31-29-27-25-23-20-16-14-12-10-8-6-4-2/h21-22,34H,3-20,23-33H2,1-2H3,(H2,39,40,41)/b22-21+/t34-/m1/s1. The lowest BCUT2D eigenvalue weighted by Crippen LogP contribution is -2.29. The summed E-state index contributed by atoms with van der Waals surface area (Å²) < 4.78 is 26.2. The van der Waals surface area contributed by atoms with E-state index in [9.17, 15) is 14.2 Å². The van der Waals surface area contributed by atoms with Gasteiger partial charge in [-0.15, -0.1) is 0 Å². The molecule has 0 saturated heterocycles. The average molecular weight is 661 g/mol. The number of allylic oxidation sites excluding steroid dienone is 2. The molecule has 0 unspecified atom stereocenters. The zero-order valence-electron chi connectivity index (χ0n) is 29.0. The summed E-state index contributed by atoms with van der Waals surface area (Å²) in [4.78, 5) is 42.6. The molecule has 0 heterocycles. The quantitative estimate of drug-likeness (QED) is 0.0303. The normalized spacial score (nSPS) is 12.5. The molecule has 0 amide bonds. The van der Waals surface area contributed by atoms with Gasteiger partial charge in [-0.05, 0) is 38.5 Å². The molecule has 0 rings (SSSR count). The van der Waals surface area contributed by atoms with Crippen molar-refractivity contribution >= 4 is 19.8 Å². The van der Waals surface area contributed by atoms with Gasteiger partial charge < -0.3 is 19.3 Å². The lowest BCUT2D eigenvalue weighted by molar-refractivity contribution is -0.161. The summed E-state index contributed by atoms with van der Waals surface area (Å²) in [5.74, 6) is -0.904. The first-order chi connectivity index (χ1) is 21.8. The highest BCUT2D eigenvalue weighted by atomic mass is 31.2. The van der Waals surface area contributed by atoms with Gasteiger partial charge >= 0.3 is 19.8 Å². The van der Waals surface area contributed by atoms with E-state index >= 15 is 0 Å². The molecule has 45 heavy (non-hydrogen) atoms. The van der Waals surface area contributed by atoms with Crippen molar-refractivity contribution in [2.45, 2.75) is 193 Å². The van der Waals surface area contributed by atoms with E-state index in [1.54, 1.807) is 0 Å². The van der Waals surface area contributed by atoms with Crippen molar-refractivity contribution in [2.24, 2.45) is 0 Å². The molecule has 0 aliphatic rings. The molecule has 0 aliphatic heterocycles. The maximum Gasteiger partial charge on any atom is 0.469 e. The summed E-state index contributed by atoms with van der Waals surface area (Å²) in [7, 11) is -4.74. The smallest absolute Gasteiger partial charge is 0.462 e. The largest absolute Gasteiger partial charge is 0.469 e. The highest BCUT2D eigenvalue weighted by Gasteiger charge is 2.22. The molecular weight excluding hydrogens is 591 g/mol. The molecule has 0 spiro atoms. The van der Waals surface area contributed by atoms with Crippen LogP contribution in [0.5, 0.6) is 0 Å². The molecular formula is C36H69O8P. The van der Waals surface area contributed by atoms with Crippen molar-refractivity contribution in [1.29, 1.82) is 0 Å². The van der Waals surface area contributed by atoms with Crippen LogP contribution in [0.25, 0.3) is 0 Å². The number of ether oxygens (including phenoxy) is 2. The Kier molecular flexibility index (Phi) is 31.8. The number of carbonyl (C=O) groups excluding carboxylic acids is 2. The number of phosphoric acid groups is 1. The van der Waals surface area contributed by atoms with Crippen molar-refractivity contribution < 1.29 is 37.9 Å². The van der Waals surface area contributed by atoms with Gasteiger partial charge in [0.05, 0.1) is 6.61 Å². The minimum absolute atomic E-state index is 0.213. The number of hydrogen-bond donors (Lipinski definition) is 2. The zero-order chi connectivity index (χ0) is 33.3. The van der Waals surface area contributed by atoms with E-state index in [0.717, 1.165) is 38.5 Å². The predicted molar refractivity (Wildman–Crippen MR) is 184 cm³/mol. The van der Waals surface area contributed by atoms with Crippen molar-refractivity contribution in [3.8, 4) is 0 Å². The molecule has 0 aromatic rings. The molecule has 0 aromatic carbocycles. The lowest BCUT2D eigenvalue weighted by atomic mass is 10.0. The molecule has 0 saturated carbocycles. The SMILES string of the molecule is CCCCCCCCCCC/C=C/CCCCC(=O)OC[C@H](COP(=O)(O)O)OC(=O)CCCCCCCCCCCCCC. The Morgan fingerprint density at radius 1 is 0.556 bits per heavy atom. The van der Waals surface area contributed by atoms with Crippen LogP contribution in [0.15, 0.2) is 12.2 Å². The second kappa shape index (κ2) is 32.7. The number of phosphoric ester groups is 1. The summed E-state index contributed by atoms with van der Waals surface area (Å²) in [6.45, 7) is 3.66. The zero-order valence-corrected chi connectivity index (χ0v) is 29.9. The van der Waals surface area contributed by atoms with E-state index in [1.807, 2.05) is 0 Å². The third kappa shape index (κ3) is 35.5. The summed E-state index contributed by atoms with van der Waals surface area (Å²) in [5.41, 5.74) is 0. The van der Waals surface area contributed by atoms with Crippen molar-refractivity contribution in [2.75, 3.05) is 13.2 Å². The molecule has 0 bridgehead atoms. The lowest BCUT2D eigenvalue weighted by Gasteiger charge is -2.18. The fraction of sp³-hybridized carbons (Fsp3) is 0.889. The van der Waals surface area contributed by atoms with Crippen LogP contribution in [-0.2, 0) is 28.2 Å². The van der Waals surface area contributed by atoms with Gasteiger partial charge in [0.2, 0.25) is 0 Å². The molecule has 266 valence electrons. The number of carbonyl (C=O) groups is 2. The van der Waals surface area contributed by atoms with E-state index in [-0.39, 0.29) is 19.4 Å². The van der Waals surface area contributed by atoms with E-state index in [1.165, 1.54) is 109 Å². The second-order valence-electron chi connectivity index (χ2n) is 12.6. The molecule has 8 nitrogen and oxygen atoms in total. The Hall–Kier alpha value is -1.21. The Bertz CT molecular complexity index is 751. The topological polar surface area (TPSA) is 119 Å². The van der Waals surface area contributed by atoms with Crippen LogP contribution in [0.3, 0.4) is 0 Å². The molecule has 2 N–H and O–H groups in total. The van der Waals surface area contributed by atoms with Gasteiger partial charge in [-0.3, -0.25) is 14.1 Å². The van der Waals surface area contributed by atoms with Crippen LogP contribution in [0, 0.1) is 0 Å². The molecule has 9 heteroatoms. The van der Waals surface area contributed by atoms with Crippen LogP contribution in [0.1, 0.15) is 187 Å².